The van der Waals surface area contributed by atoms with Crippen LogP contribution in [0, 0.1) is 18.3 Å². The van der Waals surface area contributed by atoms with Crippen LogP contribution >= 0.6 is 11.3 Å². The highest BCUT2D eigenvalue weighted by atomic mass is 32.1. The van der Waals surface area contributed by atoms with Crippen molar-refractivity contribution in [2.45, 2.75) is 46.5 Å². The quantitative estimate of drug-likeness (QED) is 0.173. The highest BCUT2D eigenvalue weighted by Gasteiger charge is 2.21. The number of ether oxygens (including phenoxy) is 1. The molecule has 0 spiro atoms. The van der Waals surface area contributed by atoms with Crippen LogP contribution in [-0.2, 0) is 6.42 Å². The van der Waals surface area contributed by atoms with Gasteiger partial charge in [0.25, 0.3) is 5.91 Å². The molecule has 1 N–H and O–H groups in total. The van der Waals surface area contributed by atoms with Crippen molar-refractivity contribution in [2.24, 2.45) is 0 Å². The molecular formula is C35H33N3O2S. The summed E-state index contributed by atoms with van der Waals surface area (Å²) in [5.41, 5.74) is 6.40. The zero-order valence-electron chi connectivity index (χ0n) is 23.7. The Labute approximate surface area is 245 Å². The van der Waals surface area contributed by atoms with Crippen molar-refractivity contribution in [1.29, 1.82) is 5.26 Å². The van der Waals surface area contributed by atoms with E-state index >= 15 is 0 Å². The van der Waals surface area contributed by atoms with E-state index in [1.54, 1.807) is 0 Å². The molecule has 0 unspecified atom stereocenters. The third-order valence-corrected chi connectivity index (χ3v) is 8.08. The number of aryl methyl sites for hydroxylation is 2. The van der Waals surface area contributed by atoms with Crippen molar-refractivity contribution in [3.05, 3.63) is 100 Å². The Morgan fingerprint density at radius 2 is 1.78 bits per heavy atom. The molecule has 0 atom stereocenters. The summed E-state index contributed by atoms with van der Waals surface area (Å²) >= 11 is 1.43. The summed E-state index contributed by atoms with van der Waals surface area (Å²) in [5.74, 6) is 0.502. The van der Waals surface area contributed by atoms with Crippen LogP contribution in [0.4, 0.5) is 5.00 Å². The number of nitrogens with zero attached hydrogens (tertiary/aromatic N) is 2. The highest BCUT2D eigenvalue weighted by molar-refractivity contribution is 7.17. The molecule has 2 heterocycles. The molecule has 5 aromatic rings. The molecule has 0 aliphatic carbocycles. The predicted octanol–water partition coefficient (Wildman–Crippen LogP) is 9.19. The van der Waals surface area contributed by atoms with E-state index in [9.17, 15) is 10.1 Å². The summed E-state index contributed by atoms with van der Waals surface area (Å²) in [4.78, 5) is 19.7. The zero-order valence-corrected chi connectivity index (χ0v) is 24.5. The van der Waals surface area contributed by atoms with E-state index < -0.39 is 0 Å². The molecule has 206 valence electrons. The van der Waals surface area contributed by atoms with E-state index in [4.69, 9.17) is 9.72 Å². The van der Waals surface area contributed by atoms with Gasteiger partial charge in [-0.05, 0) is 55.2 Å². The lowest BCUT2D eigenvalue weighted by atomic mass is 9.99. The number of unbranched alkanes of at least 4 members (excludes halogenated alkanes) is 1. The summed E-state index contributed by atoms with van der Waals surface area (Å²) in [6, 6.07) is 28.0. The largest absolute Gasteiger partial charge is 0.494 e. The lowest BCUT2D eigenvalue weighted by molar-refractivity contribution is 0.102. The van der Waals surface area contributed by atoms with Gasteiger partial charge in [0.2, 0.25) is 0 Å². The Kier molecular flexibility index (Phi) is 8.76. The Bertz CT molecular complexity index is 1730. The van der Waals surface area contributed by atoms with Crippen LogP contribution in [0.2, 0.25) is 0 Å². The molecule has 3 aromatic carbocycles. The first-order chi connectivity index (χ1) is 20.0. The van der Waals surface area contributed by atoms with Crippen LogP contribution in [0.3, 0.4) is 0 Å². The lowest BCUT2D eigenvalue weighted by Gasteiger charge is -2.12. The molecule has 0 aliphatic heterocycles. The summed E-state index contributed by atoms with van der Waals surface area (Å²) in [6.07, 6.45) is 4.16. The monoisotopic (exact) mass is 559 g/mol. The summed E-state index contributed by atoms with van der Waals surface area (Å²) in [5, 5.41) is 14.5. The minimum Gasteiger partial charge on any atom is -0.494 e. The van der Waals surface area contributed by atoms with Gasteiger partial charge < -0.3 is 10.1 Å². The van der Waals surface area contributed by atoms with Gasteiger partial charge in [-0.25, -0.2) is 4.98 Å². The van der Waals surface area contributed by atoms with Gasteiger partial charge in [-0.2, -0.15) is 5.26 Å². The normalized spacial score (nSPS) is 10.9. The molecule has 6 heteroatoms. The van der Waals surface area contributed by atoms with Crippen LogP contribution in [0.25, 0.3) is 33.3 Å². The number of fused-ring (bicyclic) bond motifs is 1. The van der Waals surface area contributed by atoms with Gasteiger partial charge in [0, 0.05) is 21.4 Å². The second-order valence-electron chi connectivity index (χ2n) is 10.1. The molecule has 1 amide bonds. The summed E-state index contributed by atoms with van der Waals surface area (Å²) < 4.78 is 5.91. The van der Waals surface area contributed by atoms with Crippen LogP contribution in [0.5, 0.6) is 5.75 Å². The number of para-hydroxylation sites is 1. The number of benzene rings is 3. The predicted molar refractivity (Wildman–Crippen MR) is 169 cm³/mol. The molecule has 5 rings (SSSR count). The Hall–Kier alpha value is -4.47. The van der Waals surface area contributed by atoms with E-state index in [0.717, 1.165) is 63.9 Å². The molecule has 2 aromatic heterocycles. The molecule has 41 heavy (non-hydrogen) atoms. The van der Waals surface area contributed by atoms with Crippen LogP contribution in [0.1, 0.15) is 59.5 Å². The highest BCUT2D eigenvalue weighted by Crippen LogP contribution is 2.40. The van der Waals surface area contributed by atoms with Gasteiger partial charge in [-0.15, -0.1) is 11.3 Å². The second kappa shape index (κ2) is 12.8. The average Bonchev–Trinajstić information content (AvgIpc) is 3.31. The Morgan fingerprint density at radius 3 is 2.54 bits per heavy atom. The van der Waals surface area contributed by atoms with E-state index in [1.807, 2.05) is 61.5 Å². The Morgan fingerprint density at radius 1 is 0.976 bits per heavy atom. The SMILES string of the molecule is CCCCOc1cccc(-c2cc(C(=O)Nc3sc(C)c(-c4ccc(CCC)cc4)c3C#N)c3ccccc3n2)c1. The van der Waals surface area contributed by atoms with Gasteiger partial charge in [0.05, 0.1) is 28.9 Å². The minimum absolute atomic E-state index is 0.275. The topological polar surface area (TPSA) is 75.0 Å². The third-order valence-electron chi connectivity index (χ3n) is 7.06. The van der Waals surface area contributed by atoms with Crippen molar-refractivity contribution >= 4 is 33.1 Å². The molecule has 0 saturated carbocycles. The summed E-state index contributed by atoms with van der Waals surface area (Å²) in [6.45, 7) is 6.94. The first-order valence-corrected chi connectivity index (χ1v) is 14.9. The van der Waals surface area contributed by atoms with Gasteiger partial charge in [-0.1, -0.05) is 81.3 Å². The standard InChI is InChI=1S/C35H33N3O2S/c1-4-6-19-40-27-12-9-11-26(20-27)32-21-29(28-13-7-8-14-31(28)37-32)34(39)38-35-30(22-36)33(23(3)41-35)25-17-15-24(10-5-2)16-18-25/h7-9,11-18,20-21H,4-6,10,19H2,1-3H3,(H,38,39). The van der Waals surface area contributed by atoms with Crippen molar-refractivity contribution in [1.82, 2.24) is 4.98 Å². The molecule has 0 radical (unpaired) electrons. The maximum atomic E-state index is 13.8. The number of amides is 1. The van der Waals surface area contributed by atoms with Gasteiger partial charge in [0.15, 0.2) is 0 Å². The first kappa shape index (κ1) is 28.1. The van der Waals surface area contributed by atoms with E-state index in [-0.39, 0.29) is 5.91 Å². The van der Waals surface area contributed by atoms with Crippen LogP contribution in [-0.4, -0.2) is 17.5 Å². The number of carbonyl (C=O) groups is 1. The zero-order chi connectivity index (χ0) is 28.8. The maximum Gasteiger partial charge on any atom is 0.257 e. The van der Waals surface area contributed by atoms with E-state index in [2.05, 4.69) is 49.5 Å². The van der Waals surface area contributed by atoms with Gasteiger partial charge >= 0.3 is 0 Å². The molecule has 5 nitrogen and oxygen atoms in total. The van der Waals surface area contributed by atoms with Crippen molar-refractivity contribution in [2.75, 3.05) is 11.9 Å². The third kappa shape index (κ3) is 6.16. The Balaban J connectivity index is 1.50. The van der Waals surface area contributed by atoms with Crippen molar-refractivity contribution in [3.63, 3.8) is 0 Å². The number of hydrogen-bond acceptors (Lipinski definition) is 5. The second-order valence-corrected chi connectivity index (χ2v) is 11.3. The van der Waals surface area contributed by atoms with Crippen LogP contribution < -0.4 is 10.1 Å². The number of aromatic nitrogens is 1. The van der Waals surface area contributed by atoms with E-state index in [1.165, 1.54) is 16.9 Å². The van der Waals surface area contributed by atoms with Crippen molar-refractivity contribution < 1.29 is 9.53 Å². The number of rotatable bonds is 10. The van der Waals surface area contributed by atoms with Crippen molar-refractivity contribution in [3.8, 4) is 34.2 Å². The van der Waals surface area contributed by atoms with E-state index in [0.29, 0.717) is 28.4 Å². The van der Waals surface area contributed by atoms with Gasteiger partial charge in [-0.3, -0.25) is 4.79 Å². The number of nitriles is 1. The average molecular weight is 560 g/mol. The maximum absolute atomic E-state index is 13.8. The first-order valence-electron chi connectivity index (χ1n) is 14.1. The number of anilines is 1. The molecule has 0 saturated heterocycles. The van der Waals surface area contributed by atoms with Crippen LogP contribution in [0.15, 0.2) is 78.9 Å². The fourth-order valence-electron chi connectivity index (χ4n) is 4.97. The van der Waals surface area contributed by atoms with Gasteiger partial charge in [0.1, 0.15) is 16.8 Å². The fourth-order valence-corrected chi connectivity index (χ4v) is 6.00. The summed E-state index contributed by atoms with van der Waals surface area (Å²) in [7, 11) is 0. The number of hydrogen-bond donors (Lipinski definition) is 1. The molecule has 0 bridgehead atoms. The molecule has 0 aliphatic rings. The fraction of sp³-hybridized carbons (Fsp3) is 0.229. The smallest absolute Gasteiger partial charge is 0.257 e. The lowest BCUT2D eigenvalue weighted by Crippen LogP contribution is -2.13. The number of thiophene rings is 1. The number of nitrogens with one attached hydrogen (secondary N) is 1. The number of carbonyl (C=O) groups excluding carboxylic acids is 1. The molecular weight excluding hydrogens is 526 g/mol. The molecule has 0 fully saturated rings. The minimum atomic E-state index is -0.275. The number of pyridine rings is 1.